The Kier molecular flexibility index (Phi) is 2.79. The standard InChI is InChI=1S/C20H19NO2/c1-21-10-15-8-13-4-2-3-5-16(13)20(17(15)11-21)14-6-7-18-19(9-14)23-12-22-18/h2-7,9,15H,8,10-12H2,1H3. The van der Waals surface area contributed by atoms with Crippen molar-refractivity contribution in [2.45, 2.75) is 6.42 Å². The fraction of sp³-hybridized carbons (Fsp3) is 0.300. The summed E-state index contributed by atoms with van der Waals surface area (Å²) in [5.41, 5.74) is 7.07. The van der Waals surface area contributed by atoms with E-state index >= 15 is 0 Å². The second kappa shape index (κ2) is 4.87. The molecule has 23 heavy (non-hydrogen) atoms. The van der Waals surface area contributed by atoms with Crippen LogP contribution in [0, 0.1) is 5.92 Å². The van der Waals surface area contributed by atoms with E-state index in [0.717, 1.165) is 31.0 Å². The molecule has 1 unspecified atom stereocenters. The molecule has 0 amide bonds. The van der Waals surface area contributed by atoms with Crippen LogP contribution in [0.25, 0.3) is 5.57 Å². The van der Waals surface area contributed by atoms with E-state index in [4.69, 9.17) is 9.47 Å². The van der Waals surface area contributed by atoms with Gasteiger partial charge < -0.3 is 14.4 Å². The van der Waals surface area contributed by atoms with Gasteiger partial charge in [0.25, 0.3) is 0 Å². The third-order valence-electron chi connectivity index (χ3n) is 5.20. The van der Waals surface area contributed by atoms with Gasteiger partial charge in [0.1, 0.15) is 0 Å². The highest BCUT2D eigenvalue weighted by molar-refractivity contribution is 5.86. The molecule has 0 N–H and O–H groups in total. The van der Waals surface area contributed by atoms with Crippen LogP contribution in [0.1, 0.15) is 16.7 Å². The van der Waals surface area contributed by atoms with Gasteiger partial charge in [-0.1, -0.05) is 30.3 Å². The van der Waals surface area contributed by atoms with Crippen molar-refractivity contribution in [3.63, 3.8) is 0 Å². The molecule has 2 aliphatic heterocycles. The summed E-state index contributed by atoms with van der Waals surface area (Å²) in [6.45, 7) is 2.53. The molecule has 2 heterocycles. The number of rotatable bonds is 1. The summed E-state index contributed by atoms with van der Waals surface area (Å²) in [6.07, 6.45) is 1.16. The molecular formula is C20H19NO2. The molecule has 0 aromatic heterocycles. The van der Waals surface area contributed by atoms with E-state index in [2.05, 4.69) is 48.3 Å². The molecule has 3 heteroatoms. The van der Waals surface area contributed by atoms with Gasteiger partial charge in [0.05, 0.1) is 0 Å². The van der Waals surface area contributed by atoms with Crippen molar-refractivity contribution in [3.8, 4) is 11.5 Å². The summed E-state index contributed by atoms with van der Waals surface area (Å²) in [4.78, 5) is 2.43. The van der Waals surface area contributed by atoms with Gasteiger partial charge in [-0.2, -0.15) is 0 Å². The molecule has 0 saturated carbocycles. The Morgan fingerprint density at radius 2 is 1.91 bits per heavy atom. The van der Waals surface area contributed by atoms with Crippen LogP contribution in [0.2, 0.25) is 0 Å². The number of hydrogen-bond donors (Lipinski definition) is 0. The third kappa shape index (κ3) is 2.00. The Hall–Kier alpha value is -2.26. The third-order valence-corrected chi connectivity index (χ3v) is 5.20. The van der Waals surface area contributed by atoms with Crippen LogP contribution in [-0.2, 0) is 6.42 Å². The van der Waals surface area contributed by atoms with Gasteiger partial charge in [-0.05, 0) is 59.4 Å². The molecule has 0 bridgehead atoms. The number of likely N-dealkylation sites (tertiary alicyclic amines) is 1. The van der Waals surface area contributed by atoms with Gasteiger partial charge in [0, 0.05) is 13.1 Å². The van der Waals surface area contributed by atoms with Crippen molar-refractivity contribution in [2.24, 2.45) is 5.92 Å². The Morgan fingerprint density at radius 3 is 2.87 bits per heavy atom. The number of ether oxygens (including phenoxy) is 2. The molecule has 0 radical (unpaired) electrons. The average molecular weight is 305 g/mol. The quantitative estimate of drug-likeness (QED) is 0.806. The normalized spacial score (nSPS) is 22.2. The first-order chi connectivity index (χ1) is 11.3. The zero-order valence-corrected chi connectivity index (χ0v) is 13.2. The zero-order valence-electron chi connectivity index (χ0n) is 13.2. The van der Waals surface area contributed by atoms with Crippen LogP contribution < -0.4 is 9.47 Å². The highest BCUT2D eigenvalue weighted by Crippen LogP contribution is 2.44. The smallest absolute Gasteiger partial charge is 0.231 e. The van der Waals surface area contributed by atoms with Crippen molar-refractivity contribution in [1.29, 1.82) is 0 Å². The Morgan fingerprint density at radius 1 is 1.04 bits per heavy atom. The van der Waals surface area contributed by atoms with Gasteiger partial charge in [-0.15, -0.1) is 0 Å². The molecule has 0 spiro atoms. The maximum atomic E-state index is 5.60. The van der Waals surface area contributed by atoms with Crippen molar-refractivity contribution in [3.05, 3.63) is 64.7 Å². The van der Waals surface area contributed by atoms with Crippen LogP contribution in [0.4, 0.5) is 0 Å². The summed E-state index contributed by atoms with van der Waals surface area (Å²) < 4.78 is 11.1. The van der Waals surface area contributed by atoms with Crippen molar-refractivity contribution >= 4 is 5.57 Å². The molecule has 3 aliphatic rings. The maximum Gasteiger partial charge on any atom is 0.231 e. The number of hydrogen-bond acceptors (Lipinski definition) is 3. The lowest BCUT2D eigenvalue weighted by Gasteiger charge is -2.26. The van der Waals surface area contributed by atoms with E-state index < -0.39 is 0 Å². The number of likely N-dealkylation sites (N-methyl/N-ethyl adjacent to an activating group) is 1. The summed E-state index contributed by atoms with van der Waals surface area (Å²) >= 11 is 0. The van der Waals surface area contributed by atoms with Gasteiger partial charge in [-0.25, -0.2) is 0 Å². The molecule has 3 nitrogen and oxygen atoms in total. The predicted octanol–water partition coefficient (Wildman–Crippen LogP) is 3.33. The van der Waals surface area contributed by atoms with Gasteiger partial charge in [-0.3, -0.25) is 0 Å². The molecule has 1 saturated heterocycles. The molecule has 1 aliphatic carbocycles. The van der Waals surface area contributed by atoms with Crippen molar-refractivity contribution in [2.75, 3.05) is 26.9 Å². The fourth-order valence-electron chi connectivity index (χ4n) is 4.22. The molecule has 116 valence electrons. The van der Waals surface area contributed by atoms with Crippen LogP contribution in [0.3, 0.4) is 0 Å². The minimum Gasteiger partial charge on any atom is -0.454 e. The highest BCUT2D eigenvalue weighted by atomic mass is 16.7. The number of benzene rings is 2. The van der Waals surface area contributed by atoms with E-state index in [1.165, 1.54) is 22.3 Å². The van der Waals surface area contributed by atoms with Crippen molar-refractivity contribution in [1.82, 2.24) is 4.90 Å². The monoisotopic (exact) mass is 305 g/mol. The van der Waals surface area contributed by atoms with Crippen LogP contribution in [-0.4, -0.2) is 31.8 Å². The van der Waals surface area contributed by atoms with Gasteiger partial charge in [0.15, 0.2) is 11.5 Å². The molecule has 5 rings (SSSR count). The predicted molar refractivity (Wildman–Crippen MR) is 89.7 cm³/mol. The molecule has 2 aromatic carbocycles. The molecule has 1 atom stereocenters. The average Bonchev–Trinajstić information content (AvgIpc) is 3.16. The Balaban J connectivity index is 1.72. The van der Waals surface area contributed by atoms with Crippen LogP contribution in [0.15, 0.2) is 48.0 Å². The molecular weight excluding hydrogens is 286 g/mol. The lowest BCUT2D eigenvalue weighted by atomic mass is 9.78. The summed E-state index contributed by atoms with van der Waals surface area (Å²) in [5, 5.41) is 0. The maximum absolute atomic E-state index is 5.60. The highest BCUT2D eigenvalue weighted by Gasteiger charge is 2.33. The van der Waals surface area contributed by atoms with E-state index in [9.17, 15) is 0 Å². The van der Waals surface area contributed by atoms with Gasteiger partial charge >= 0.3 is 0 Å². The summed E-state index contributed by atoms with van der Waals surface area (Å²) in [6, 6.07) is 15.2. The molecule has 1 fully saturated rings. The Labute approximate surface area is 136 Å². The van der Waals surface area contributed by atoms with Gasteiger partial charge in [0.2, 0.25) is 6.79 Å². The number of nitrogens with zero attached hydrogens (tertiary/aromatic N) is 1. The minimum absolute atomic E-state index is 0.326. The van der Waals surface area contributed by atoms with Crippen LogP contribution >= 0.6 is 0 Å². The first-order valence-corrected chi connectivity index (χ1v) is 8.19. The van der Waals surface area contributed by atoms with Crippen molar-refractivity contribution < 1.29 is 9.47 Å². The second-order valence-corrected chi connectivity index (χ2v) is 6.72. The van der Waals surface area contributed by atoms with E-state index in [0.29, 0.717) is 12.7 Å². The lowest BCUT2D eigenvalue weighted by molar-refractivity contribution is 0.174. The van der Waals surface area contributed by atoms with E-state index in [-0.39, 0.29) is 0 Å². The second-order valence-electron chi connectivity index (χ2n) is 6.72. The summed E-state index contributed by atoms with van der Waals surface area (Å²) in [5.74, 6) is 2.35. The van der Waals surface area contributed by atoms with Crippen LogP contribution in [0.5, 0.6) is 11.5 Å². The first kappa shape index (κ1) is 13.2. The SMILES string of the molecule is CN1CC2=C(c3ccc4c(c3)OCO4)c3ccccc3CC2C1. The summed E-state index contributed by atoms with van der Waals surface area (Å²) in [7, 11) is 2.22. The topological polar surface area (TPSA) is 21.7 Å². The van der Waals surface area contributed by atoms with E-state index in [1.54, 1.807) is 5.57 Å². The largest absolute Gasteiger partial charge is 0.454 e. The fourth-order valence-corrected chi connectivity index (χ4v) is 4.22. The number of fused-ring (bicyclic) bond motifs is 3. The zero-order chi connectivity index (χ0) is 15.4. The molecule has 2 aromatic rings. The lowest BCUT2D eigenvalue weighted by Crippen LogP contribution is -2.17. The first-order valence-electron chi connectivity index (χ1n) is 8.19. The van der Waals surface area contributed by atoms with E-state index in [1.807, 2.05) is 6.07 Å². The minimum atomic E-state index is 0.326. The Bertz CT molecular complexity index is 824.